The highest BCUT2D eigenvalue weighted by Gasteiger charge is 2.38. The largest absolute Gasteiger partial charge is 0.506 e. The third-order valence-corrected chi connectivity index (χ3v) is 7.70. The van der Waals surface area contributed by atoms with Gasteiger partial charge in [0.05, 0.1) is 6.26 Å². The minimum Gasteiger partial charge on any atom is -0.506 e. The summed E-state index contributed by atoms with van der Waals surface area (Å²) in [7, 11) is -7.49. The number of nitrogens with zero attached hydrogens (tertiary/aromatic N) is 2. The Morgan fingerprint density at radius 3 is 2.55 bits per heavy atom. The average Bonchev–Trinajstić information content (AvgIpc) is 2.82. The number of phenols is 1. The number of phenolic OH excluding ortho intramolecular Hbond substituents is 1. The first-order valence-electron chi connectivity index (χ1n) is 8.68. The predicted octanol–water partition coefficient (Wildman–Crippen LogP) is 0.299. The van der Waals surface area contributed by atoms with Crippen molar-refractivity contribution in [3.8, 4) is 5.75 Å². The van der Waals surface area contributed by atoms with Gasteiger partial charge in [-0.05, 0) is 35.4 Å². The lowest BCUT2D eigenvalue weighted by Gasteiger charge is -2.37. The van der Waals surface area contributed by atoms with Gasteiger partial charge in [0, 0.05) is 18.5 Å². The van der Waals surface area contributed by atoms with E-state index in [4.69, 9.17) is 0 Å². The number of anilines is 1. The van der Waals surface area contributed by atoms with Gasteiger partial charge < -0.3 is 5.11 Å². The van der Waals surface area contributed by atoms with Crippen molar-refractivity contribution in [3.63, 3.8) is 0 Å². The first-order chi connectivity index (χ1) is 13.5. The maximum Gasteiger partial charge on any atom is 0.326 e. The molecule has 29 heavy (non-hydrogen) atoms. The fourth-order valence-electron chi connectivity index (χ4n) is 3.64. The number of amides is 1. The molecule has 0 aliphatic carbocycles. The molecule has 0 radical (unpaired) electrons. The van der Waals surface area contributed by atoms with Gasteiger partial charge in [-0.1, -0.05) is 12.1 Å². The van der Waals surface area contributed by atoms with E-state index in [9.17, 15) is 26.7 Å². The normalized spacial score (nSPS) is 20.1. The van der Waals surface area contributed by atoms with Crippen LogP contribution in [0.25, 0.3) is 10.8 Å². The van der Waals surface area contributed by atoms with Crippen molar-refractivity contribution in [1.29, 1.82) is 0 Å². The number of halogens is 1. The van der Waals surface area contributed by atoms with Gasteiger partial charge in [-0.25, -0.2) is 26.1 Å². The molecule has 0 aromatic heterocycles. The van der Waals surface area contributed by atoms with Crippen LogP contribution in [0.2, 0.25) is 0 Å². The van der Waals surface area contributed by atoms with Crippen LogP contribution in [0.5, 0.6) is 5.75 Å². The van der Waals surface area contributed by atoms with E-state index >= 15 is 4.39 Å². The fourth-order valence-corrected chi connectivity index (χ4v) is 5.77. The Morgan fingerprint density at radius 2 is 1.97 bits per heavy atom. The highest BCUT2D eigenvalue weighted by Crippen LogP contribution is 2.39. The molecule has 0 spiro atoms. The summed E-state index contributed by atoms with van der Waals surface area (Å²) in [5.41, 5.74) is 0.171. The van der Waals surface area contributed by atoms with E-state index in [2.05, 4.69) is 0 Å². The number of nitrogens with one attached hydrogen (secondary N) is 1. The van der Waals surface area contributed by atoms with E-state index in [0.29, 0.717) is 29.2 Å². The highest BCUT2D eigenvalue weighted by molar-refractivity contribution is 7.92. The van der Waals surface area contributed by atoms with Crippen LogP contribution >= 0.6 is 0 Å². The zero-order valence-corrected chi connectivity index (χ0v) is 16.9. The van der Waals surface area contributed by atoms with Crippen molar-refractivity contribution in [1.82, 2.24) is 9.03 Å². The minimum atomic E-state index is -4.28. The number of benzene rings is 2. The zero-order chi connectivity index (χ0) is 21.1. The molecule has 2 aliphatic heterocycles. The molecule has 156 valence electrons. The molecule has 9 nitrogen and oxygen atoms in total. The molecular weight excluding hydrogens is 425 g/mol. The number of hydrogen-bond donors (Lipinski definition) is 2. The number of hydrogen-bond acceptors (Lipinski definition) is 6. The van der Waals surface area contributed by atoms with Crippen LogP contribution in [0, 0.1) is 11.7 Å². The second-order valence-electron chi connectivity index (χ2n) is 7.30. The van der Waals surface area contributed by atoms with E-state index in [-0.39, 0.29) is 11.3 Å². The third kappa shape index (κ3) is 3.51. The zero-order valence-electron chi connectivity index (χ0n) is 15.3. The Bertz CT molecular complexity index is 1240. The summed E-state index contributed by atoms with van der Waals surface area (Å²) in [6.45, 7) is 0.154. The molecule has 0 bridgehead atoms. The monoisotopic (exact) mass is 443 g/mol. The number of fused-ring (bicyclic) bond motifs is 1. The van der Waals surface area contributed by atoms with Crippen LogP contribution in [-0.2, 0) is 31.4 Å². The molecule has 0 atom stereocenters. The van der Waals surface area contributed by atoms with Crippen LogP contribution in [0.3, 0.4) is 0 Å². The lowest BCUT2D eigenvalue weighted by molar-refractivity contribution is -0.117. The minimum absolute atomic E-state index is 0.0996. The molecular formula is C17H18FN3O6S2. The number of sulfonamides is 1. The van der Waals surface area contributed by atoms with Crippen molar-refractivity contribution in [2.75, 3.05) is 30.2 Å². The van der Waals surface area contributed by atoms with Crippen molar-refractivity contribution in [3.05, 3.63) is 35.6 Å². The second-order valence-corrected chi connectivity index (χ2v) is 10.9. The van der Waals surface area contributed by atoms with Crippen LogP contribution in [-0.4, -0.2) is 58.0 Å². The average molecular weight is 443 g/mol. The van der Waals surface area contributed by atoms with E-state index in [0.717, 1.165) is 11.8 Å². The number of carbonyl (C=O) groups excluding carboxylic acids is 1. The number of aromatic hydroxyl groups is 1. The van der Waals surface area contributed by atoms with Crippen molar-refractivity contribution in [2.24, 2.45) is 5.92 Å². The van der Waals surface area contributed by atoms with E-state index in [1.54, 1.807) is 22.9 Å². The van der Waals surface area contributed by atoms with Gasteiger partial charge in [0.2, 0.25) is 10.0 Å². The van der Waals surface area contributed by atoms with Crippen molar-refractivity contribution in [2.45, 2.75) is 6.42 Å². The standard InChI is InChI=1S/C17H18FN3O6S2/c1-28(24,25)20-7-11(8-20)4-10-2-3-12-6-14(22)17(16(18)13(12)5-10)21-9-15(23)19-29(21,26)27/h2-3,5-6,11,22H,4,7-9H2,1H3,(H,19,23). The topological polar surface area (TPSA) is 124 Å². The molecule has 4 rings (SSSR count). The summed E-state index contributed by atoms with van der Waals surface area (Å²) in [5, 5.41) is 10.7. The van der Waals surface area contributed by atoms with Crippen molar-refractivity contribution >= 4 is 42.6 Å². The van der Waals surface area contributed by atoms with Crippen LogP contribution in [0.15, 0.2) is 24.3 Å². The van der Waals surface area contributed by atoms with Crippen LogP contribution < -0.4 is 9.03 Å². The van der Waals surface area contributed by atoms with Crippen molar-refractivity contribution < 1.29 is 31.1 Å². The molecule has 2 saturated heterocycles. The molecule has 0 unspecified atom stereocenters. The summed E-state index contributed by atoms with van der Waals surface area (Å²) >= 11 is 0. The van der Waals surface area contributed by atoms with Gasteiger partial charge in [-0.3, -0.25) is 4.79 Å². The molecule has 2 aromatic carbocycles. The smallest absolute Gasteiger partial charge is 0.326 e. The Hall–Kier alpha value is -2.44. The van der Waals surface area contributed by atoms with Crippen LogP contribution in [0.4, 0.5) is 10.1 Å². The Labute approximate surface area is 167 Å². The Balaban J connectivity index is 1.67. The molecule has 2 N–H and O–H groups in total. The molecule has 0 saturated carbocycles. The molecule has 2 aromatic rings. The van der Waals surface area contributed by atoms with Gasteiger partial charge in [0.1, 0.15) is 18.0 Å². The molecule has 12 heteroatoms. The summed E-state index contributed by atoms with van der Waals surface area (Å²) in [6.07, 6.45) is 1.67. The highest BCUT2D eigenvalue weighted by atomic mass is 32.2. The molecule has 2 heterocycles. The maximum absolute atomic E-state index is 15.2. The molecule has 2 aliphatic rings. The summed E-state index contributed by atoms with van der Waals surface area (Å²) in [5.74, 6) is -2.26. The maximum atomic E-state index is 15.2. The van der Waals surface area contributed by atoms with Gasteiger partial charge in [-0.15, -0.1) is 0 Å². The molecule has 2 fully saturated rings. The first-order valence-corrected chi connectivity index (χ1v) is 12.0. The number of carbonyl (C=O) groups is 1. The van der Waals surface area contributed by atoms with E-state index in [1.807, 2.05) is 0 Å². The lowest BCUT2D eigenvalue weighted by atomic mass is 9.93. The SMILES string of the molecule is CS(=O)(=O)N1CC(Cc2ccc3cc(O)c(N4CC(=O)NS4(=O)=O)c(F)c3c2)C1. The van der Waals surface area contributed by atoms with E-state index < -0.39 is 49.9 Å². The Morgan fingerprint density at radius 1 is 1.28 bits per heavy atom. The van der Waals surface area contributed by atoms with Crippen LogP contribution in [0.1, 0.15) is 5.56 Å². The summed E-state index contributed by atoms with van der Waals surface area (Å²) < 4.78 is 65.8. The Kier molecular flexibility index (Phi) is 4.48. The van der Waals surface area contributed by atoms with Gasteiger partial charge in [0.15, 0.2) is 5.82 Å². The van der Waals surface area contributed by atoms with Gasteiger partial charge in [-0.2, -0.15) is 8.42 Å². The van der Waals surface area contributed by atoms with Gasteiger partial charge >= 0.3 is 10.2 Å². The van der Waals surface area contributed by atoms with E-state index in [1.165, 1.54) is 10.4 Å². The summed E-state index contributed by atoms with van der Waals surface area (Å²) in [6, 6.07) is 6.15. The first kappa shape index (κ1) is 19.9. The van der Waals surface area contributed by atoms with Gasteiger partial charge in [0.25, 0.3) is 5.91 Å². The number of rotatable bonds is 4. The predicted molar refractivity (Wildman–Crippen MR) is 104 cm³/mol. The second kappa shape index (κ2) is 6.54. The molecule has 1 amide bonds. The lowest BCUT2D eigenvalue weighted by Crippen LogP contribution is -2.50. The third-order valence-electron chi connectivity index (χ3n) is 5.08. The fraction of sp³-hybridized carbons (Fsp3) is 0.353. The quantitative estimate of drug-likeness (QED) is 0.701. The summed E-state index contributed by atoms with van der Waals surface area (Å²) in [4.78, 5) is 11.5.